The largest absolute Gasteiger partial charge is 0.340 e. The second-order valence-electron chi connectivity index (χ2n) is 6.02. The minimum absolute atomic E-state index is 0.0672. The van der Waals surface area contributed by atoms with Crippen LogP contribution in [0.3, 0.4) is 0 Å². The van der Waals surface area contributed by atoms with Crippen LogP contribution in [-0.2, 0) is 11.3 Å². The molecule has 0 aliphatic carbocycles. The van der Waals surface area contributed by atoms with E-state index in [2.05, 4.69) is 30.9 Å². The van der Waals surface area contributed by atoms with Gasteiger partial charge < -0.3 is 4.90 Å². The lowest BCUT2D eigenvalue weighted by Crippen LogP contribution is -2.44. The van der Waals surface area contributed by atoms with Crippen molar-refractivity contribution in [3.8, 4) is 0 Å². The van der Waals surface area contributed by atoms with Crippen LogP contribution in [0.15, 0.2) is 30.3 Å². The van der Waals surface area contributed by atoms with E-state index in [1.54, 1.807) is 0 Å². The van der Waals surface area contributed by atoms with Gasteiger partial charge in [-0.1, -0.05) is 44.2 Å². The van der Waals surface area contributed by atoms with Crippen molar-refractivity contribution in [2.45, 2.75) is 39.8 Å². The molecular formula is C17H28N2O. The zero-order valence-electron chi connectivity index (χ0n) is 13.5. The number of rotatable bonds is 7. The number of hydrogen-bond acceptors (Lipinski definition) is 2. The Morgan fingerprint density at radius 2 is 1.70 bits per heavy atom. The minimum Gasteiger partial charge on any atom is -0.340 e. The molecular weight excluding hydrogens is 248 g/mol. The summed E-state index contributed by atoms with van der Waals surface area (Å²) in [6.45, 7) is 8.04. The summed E-state index contributed by atoms with van der Waals surface area (Å²) in [5.74, 6) is 0.849. The lowest BCUT2D eigenvalue weighted by Gasteiger charge is -2.28. The molecule has 0 radical (unpaired) electrons. The van der Waals surface area contributed by atoms with E-state index >= 15 is 0 Å². The van der Waals surface area contributed by atoms with Crippen LogP contribution in [0.2, 0.25) is 0 Å². The molecule has 0 saturated heterocycles. The molecule has 0 aliphatic heterocycles. The Morgan fingerprint density at radius 1 is 1.10 bits per heavy atom. The standard InChI is InChI=1S/C17H28N2O/c1-14(2)11-12-18(4)15(3)17(20)19(5)13-16-9-7-6-8-10-16/h6-10,14-15H,11-13H2,1-5H3. The Labute approximate surface area is 123 Å². The second kappa shape index (κ2) is 8.05. The lowest BCUT2D eigenvalue weighted by molar-refractivity contribution is -0.135. The van der Waals surface area contributed by atoms with Crippen molar-refractivity contribution in [3.05, 3.63) is 35.9 Å². The van der Waals surface area contributed by atoms with Gasteiger partial charge in [0.05, 0.1) is 6.04 Å². The van der Waals surface area contributed by atoms with Gasteiger partial charge in [0.15, 0.2) is 0 Å². The van der Waals surface area contributed by atoms with E-state index in [-0.39, 0.29) is 11.9 Å². The Morgan fingerprint density at radius 3 is 2.25 bits per heavy atom. The van der Waals surface area contributed by atoms with Crippen molar-refractivity contribution in [2.24, 2.45) is 5.92 Å². The van der Waals surface area contributed by atoms with Crippen LogP contribution in [0.1, 0.15) is 32.8 Å². The van der Waals surface area contributed by atoms with Gasteiger partial charge in [-0.2, -0.15) is 0 Å². The number of carbonyl (C=O) groups is 1. The van der Waals surface area contributed by atoms with Crippen LogP contribution in [0.4, 0.5) is 0 Å². The first-order valence-electron chi connectivity index (χ1n) is 7.41. The smallest absolute Gasteiger partial charge is 0.239 e. The fourth-order valence-corrected chi connectivity index (χ4v) is 2.10. The van der Waals surface area contributed by atoms with Crippen LogP contribution < -0.4 is 0 Å². The number of amides is 1. The Balaban J connectivity index is 2.51. The molecule has 3 nitrogen and oxygen atoms in total. The summed E-state index contributed by atoms with van der Waals surface area (Å²) in [7, 11) is 3.91. The summed E-state index contributed by atoms with van der Waals surface area (Å²) < 4.78 is 0. The minimum atomic E-state index is -0.0672. The normalized spacial score (nSPS) is 12.8. The lowest BCUT2D eigenvalue weighted by atomic mass is 10.1. The van der Waals surface area contributed by atoms with E-state index in [4.69, 9.17) is 0 Å². The van der Waals surface area contributed by atoms with E-state index in [9.17, 15) is 4.79 Å². The molecule has 112 valence electrons. The zero-order chi connectivity index (χ0) is 15.1. The molecule has 1 aromatic carbocycles. The van der Waals surface area contributed by atoms with Gasteiger partial charge in [-0.3, -0.25) is 9.69 Å². The number of likely N-dealkylation sites (N-methyl/N-ethyl adjacent to an activating group) is 2. The number of hydrogen-bond donors (Lipinski definition) is 0. The molecule has 0 aromatic heterocycles. The maximum atomic E-state index is 12.4. The van der Waals surface area contributed by atoms with Crippen molar-refractivity contribution in [1.29, 1.82) is 0 Å². The van der Waals surface area contributed by atoms with E-state index in [1.165, 1.54) is 5.56 Å². The molecule has 0 saturated carbocycles. The Kier molecular flexibility index (Phi) is 6.73. The molecule has 1 atom stereocenters. The van der Waals surface area contributed by atoms with Gasteiger partial charge >= 0.3 is 0 Å². The molecule has 0 fully saturated rings. The molecule has 3 heteroatoms. The predicted octanol–water partition coefficient (Wildman–Crippen LogP) is 3.01. The first-order valence-corrected chi connectivity index (χ1v) is 7.41. The molecule has 1 unspecified atom stereocenters. The maximum absolute atomic E-state index is 12.4. The highest BCUT2D eigenvalue weighted by molar-refractivity contribution is 5.81. The maximum Gasteiger partial charge on any atom is 0.239 e. The first-order chi connectivity index (χ1) is 9.41. The summed E-state index contributed by atoms with van der Waals surface area (Å²) in [6.07, 6.45) is 1.12. The molecule has 0 heterocycles. The van der Waals surface area contributed by atoms with Crippen molar-refractivity contribution >= 4 is 5.91 Å². The fraction of sp³-hybridized carbons (Fsp3) is 0.588. The molecule has 0 spiro atoms. The summed E-state index contributed by atoms with van der Waals surface area (Å²) in [4.78, 5) is 16.4. The van der Waals surface area contributed by atoms with Crippen molar-refractivity contribution < 1.29 is 4.79 Å². The second-order valence-corrected chi connectivity index (χ2v) is 6.02. The fourth-order valence-electron chi connectivity index (χ4n) is 2.10. The zero-order valence-corrected chi connectivity index (χ0v) is 13.5. The highest BCUT2D eigenvalue weighted by atomic mass is 16.2. The molecule has 1 aromatic rings. The van der Waals surface area contributed by atoms with Crippen LogP contribution in [0.25, 0.3) is 0 Å². The number of carbonyl (C=O) groups excluding carboxylic acids is 1. The summed E-state index contributed by atoms with van der Waals surface area (Å²) in [5, 5.41) is 0. The van der Waals surface area contributed by atoms with Gasteiger partial charge in [-0.15, -0.1) is 0 Å². The van der Waals surface area contributed by atoms with Crippen molar-refractivity contribution in [1.82, 2.24) is 9.80 Å². The van der Waals surface area contributed by atoms with Crippen LogP contribution in [0, 0.1) is 5.92 Å². The first kappa shape index (κ1) is 16.7. The highest BCUT2D eigenvalue weighted by Gasteiger charge is 2.21. The third kappa shape index (κ3) is 5.33. The average molecular weight is 276 g/mol. The monoisotopic (exact) mass is 276 g/mol. The van der Waals surface area contributed by atoms with Crippen molar-refractivity contribution in [2.75, 3.05) is 20.6 Å². The van der Waals surface area contributed by atoms with Gasteiger partial charge in [-0.25, -0.2) is 0 Å². The van der Waals surface area contributed by atoms with Crippen LogP contribution in [-0.4, -0.2) is 42.4 Å². The molecule has 0 bridgehead atoms. The SMILES string of the molecule is CC(C)CCN(C)C(C)C(=O)N(C)Cc1ccccc1. The van der Waals surface area contributed by atoms with Gasteiger partial charge in [0.2, 0.25) is 5.91 Å². The van der Waals surface area contributed by atoms with Crippen molar-refractivity contribution in [3.63, 3.8) is 0 Å². The predicted molar refractivity (Wildman–Crippen MR) is 84.5 cm³/mol. The molecule has 0 N–H and O–H groups in total. The van der Waals surface area contributed by atoms with Gasteiger partial charge in [-0.05, 0) is 38.4 Å². The molecule has 20 heavy (non-hydrogen) atoms. The van der Waals surface area contributed by atoms with E-state index in [1.807, 2.05) is 44.1 Å². The summed E-state index contributed by atoms with van der Waals surface area (Å²) in [6, 6.07) is 10.0. The average Bonchev–Trinajstić information content (AvgIpc) is 2.44. The van der Waals surface area contributed by atoms with Gasteiger partial charge in [0.25, 0.3) is 0 Å². The Hall–Kier alpha value is -1.35. The van der Waals surface area contributed by atoms with E-state index < -0.39 is 0 Å². The summed E-state index contributed by atoms with van der Waals surface area (Å²) >= 11 is 0. The highest BCUT2D eigenvalue weighted by Crippen LogP contribution is 2.08. The molecule has 1 rings (SSSR count). The van der Waals surface area contributed by atoms with Crippen LogP contribution >= 0.6 is 0 Å². The number of benzene rings is 1. The van der Waals surface area contributed by atoms with E-state index in [0.29, 0.717) is 12.5 Å². The summed E-state index contributed by atoms with van der Waals surface area (Å²) in [5.41, 5.74) is 1.17. The topological polar surface area (TPSA) is 23.6 Å². The van der Waals surface area contributed by atoms with E-state index in [0.717, 1.165) is 13.0 Å². The van der Waals surface area contributed by atoms with Gasteiger partial charge in [0, 0.05) is 13.6 Å². The quantitative estimate of drug-likeness (QED) is 0.764. The Bertz CT molecular complexity index is 403. The van der Waals surface area contributed by atoms with Gasteiger partial charge in [0.1, 0.15) is 0 Å². The third-order valence-corrected chi connectivity index (χ3v) is 3.72. The molecule has 0 aliphatic rings. The molecule has 1 amide bonds. The van der Waals surface area contributed by atoms with Crippen LogP contribution in [0.5, 0.6) is 0 Å². The third-order valence-electron chi connectivity index (χ3n) is 3.72. The number of nitrogens with zero attached hydrogens (tertiary/aromatic N) is 2.